The summed E-state index contributed by atoms with van der Waals surface area (Å²) in [6, 6.07) is 4.84. The zero-order valence-corrected chi connectivity index (χ0v) is 15.2. The highest BCUT2D eigenvalue weighted by atomic mass is 35.5. The molecule has 0 heterocycles. The van der Waals surface area contributed by atoms with Crippen LogP contribution in [0.15, 0.2) is 18.2 Å². The second-order valence-corrected chi connectivity index (χ2v) is 8.02. The maximum absolute atomic E-state index is 12.9. The van der Waals surface area contributed by atoms with E-state index in [4.69, 9.17) is 23.2 Å². The molecule has 1 aromatic carbocycles. The summed E-state index contributed by atoms with van der Waals surface area (Å²) in [6.45, 7) is 7.20. The minimum absolute atomic E-state index is 0.239. The van der Waals surface area contributed by atoms with Crippen LogP contribution in [0, 0.1) is 16.2 Å². The van der Waals surface area contributed by atoms with Crippen LogP contribution < -0.4 is 5.32 Å². The Labute approximate surface area is 146 Å². The number of amides is 1. The van der Waals surface area contributed by atoms with Crippen LogP contribution >= 0.6 is 23.2 Å². The van der Waals surface area contributed by atoms with Crippen LogP contribution in [0.2, 0.25) is 10.0 Å². The van der Waals surface area contributed by atoms with Gasteiger partial charge in [-0.15, -0.1) is 0 Å². The monoisotopic (exact) mass is 357 g/mol. The molecule has 1 aromatic rings. The maximum Gasteiger partial charge on any atom is 0.309 e. The second-order valence-electron chi connectivity index (χ2n) is 7.17. The van der Waals surface area contributed by atoms with Crippen LogP contribution in [-0.4, -0.2) is 17.0 Å². The molecule has 0 radical (unpaired) electrons. The lowest BCUT2D eigenvalue weighted by atomic mass is 9.59. The quantitative estimate of drug-likeness (QED) is 0.812. The summed E-state index contributed by atoms with van der Waals surface area (Å²) >= 11 is 12.1. The number of carbonyl (C=O) groups is 2. The summed E-state index contributed by atoms with van der Waals surface area (Å²) in [7, 11) is 0. The van der Waals surface area contributed by atoms with Crippen molar-refractivity contribution in [1.29, 1.82) is 0 Å². The van der Waals surface area contributed by atoms with E-state index in [2.05, 4.69) is 5.32 Å². The highest BCUT2D eigenvalue weighted by Crippen LogP contribution is 2.63. The molecule has 2 atom stereocenters. The Morgan fingerprint density at radius 2 is 1.65 bits per heavy atom. The molecule has 0 aromatic heterocycles. The number of carboxylic acid groups (broad SMARTS) is 1. The van der Waals surface area contributed by atoms with Gasteiger partial charge in [-0.3, -0.25) is 9.59 Å². The third-order valence-electron chi connectivity index (χ3n) is 6.03. The molecule has 0 spiro atoms. The zero-order valence-electron chi connectivity index (χ0n) is 13.7. The number of carboxylic acids is 1. The van der Waals surface area contributed by atoms with Crippen molar-refractivity contribution < 1.29 is 14.7 Å². The van der Waals surface area contributed by atoms with Gasteiger partial charge in [0.25, 0.3) is 0 Å². The first-order valence-corrected chi connectivity index (χ1v) is 8.21. The van der Waals surface area contributed by atoms with Crippen LogP contribution in [0.5, 0.6) is 0 Å². The van der Waals surface area contributed by atoms with E-state index in [1.165, 1.54) is 0 Å². The van der Waals surface area contributed by atoms with Gasteiger partial charge in [0.2, 0.25) is 5.91 Å². The standard InChI is InChI=1S/C17H21Cl2NO3/c1-15(2)16(3,7-8-17(15,4)14(22)23)13(21)20-12-9-10(18)5-6-11(12)19/h5-6,9H,7-8H2,1-4H3,(H,20,21)(H,22,23). The summed E-state index contributed by atoms with van der Waals surface area (Å²) in [4.78, 5) is 24.7. The van der Waals surface area contributed by atoms with E-state index in [-0.39, 0.29) is 5.91 Å². The number of carbonyl (C=O) groups excluding carboxylic acids is 1. The molecule has 2 N–H and O–H groups in total. The van der Waals surface area contributed by atoms with Gasteiger partial charge < -0.3 is 10.4 Å². The lowest BCUT2D eigenvalue weighted by Gasteiger charge is -2.44. The highest BCUT2D eigenvalue weighted by molar-refractivity contribution is 6.35. The molecular formula is C17H21Cl2NO3. The predicted octanol–water partition coefficient (Wildman–Crippen LogP) is 4.85. The van der Waals surface area contributed by atoms with Crippen molar-refractivity contribution in [2.75, 3.05) is 5.32 Å². The maximum atomic E-state index is 12.9. The van der Waals surface area contributed by atoms with Gasteiger partial charge in [-0.05, 0) is 43.4 Å². The van der Waals surface area contributed by atoms with Crippen molar-refractivity contribution in [2.45, 2.75) is 40.5 Å². The number of rotatable bonds is 3. The third-order valence-corrected chi connectivity index (χ3v) is 6.60. The van der Waals surface area contributed by atoms with Crippen LogP contribution in [0.4, 0.5) is 5.69 Å². The van der Waals surface area contributed by atoms with Crippen molar-refractivity contribution in [2.24, 2.45) is 16.2 Å². The minimum atomic E-state index is -0.961. The van der Waals surface area contributed by atoms with Crippen LogP contribution in [0.3, 0.4) is 0 Å². The Bertz CT molecular complexity index is 674. The van der Waals surface area contributed by atoms with Crippen molar-refractivity contribution in [3.8, 4) is 0 Å². The van der Waals surface area contributed by atoms with Crippen molar-refractivity contribution in [3.05, 3.63) is 28.2 Å². The molecule has 2 unspecified atom stereocenters. The fourth-order valence-electron chi connectivity index (χ4n) is 3.36. The van der Waals surface area contributed by atoms with Gasteiger partial charge in [-0.1, -0.05) is 44.0 Å². The molecule has 2 rings (SSSR count). The Morgan fingerprint density at radius 3 is 2.17 bits per heavy atom. The van der Waals surface area contributed by atoms with Crippen LogP contribution in [0.25, 0.3) is 0 Å². The Balaban J connectivity index is 2.35. The second kappa shape index (κ2) is 5.67. The fourth-order valence-corrected chi connectivity index (χ4v) is 3.70. The molecule has 4 nitrogen and oxygen atoms in total. The van der Waals surface area contributed by atoms with Gasteiger partial charge in [-0.25, -0.2) is 0 Å². The Morgan fingerprint density at radius 1 is 1.09 bits per heavy atom. The zero-order chi connectivity index (χ0) is 17.6. The van der Waals surface area contributed by atoms with E-state index in [0.29, 0.717) is 28.6 Å². The molecule has 0 aliphatic heterocycles. The summed E-state index contributed by atoms with van der Waals surface area (Å²) < 4.78 is 0. The fraction of sp³-hybridized carbons (Fsp3) is 0.529. The number of anilines is 1. The molecule has 23 heavy (non-hydrogen) atoms. The van der Waals surface area contributed by atoms with E-state index < -0.39 is 22.2 Å². The predicted molar refractivity (Wildman–Crippen MR) is 92.0 cm³/mol. The minimum Gasteiger partial charge on any atom is -0.481 e. The first-order chi connectivity index (χ1) is 10.5. The molecular weight excluding hydrogens is 337 g/mol. The molecule has 1 fully saturated rings. The molecule has 1 aliphatic rings. The van der Waals surface area contributed by atoms with Gasteiger partial charge in [-0.2, -0.15) is 0 Å². The van der Waals surface area contributed by atoms with E-state index in [9.17, 15) is 14.7 Å². The van der Waals surface area contributed by atoms with E-state index >= 15 is 0 Å². The first-order valence-electron chi connectivity index (χ1n) is 7.45. The van der Waals surface area contributed by atoms with Gasteiger partial charge >= 0.3 is 5.97 Å². The third kappa shape index (κ3) is 2.62. The molecule has 1 amide bonds. The molecule has 0 bridgehead atoms. The van der Waals surface area contributed by atoms with Crippen LogP contribution in [-0.2, 0) is 9.59 Å². The normalized spacial score (nSPS) is 29.3. The van der Waals surface area contributed by atoms with Gasteiger partial charge in [0, 0.05) is 5.02 Å². The average Bonchev–Trinajstić information content (AvgIpc) is 2.65. The molecule has 0 saturated heterocycles. The SMILES string of the molecule is CC1(C(=O)O)CCC(C)(C(=O)Nc2cc(Cl)ccc2Cl)C1(C)C. The van der Waals surface area contributed by atoms with E-state index in [0.717, 1.165) is 0 Å². The summed E-state index contributed by atoms with van der Waals surface area (Å²) in [6.07, 6.45) is 0.940. The van der Waals surface area contributed by atoms with Crippen LogP contribution in [0.1, 0.15) is 40.5 Å². The highest BCUT2D eigenvalue weighted by Gasteiger charge is 2.64. The lowest BCUT2D eigenvalue weighted by Crippen LogP contribution is -2.49. The molecule has 1 saturated carbocycles. The molecule has 6 heteroatoms. The number of aliphatic carboxylic acids is 1. The van der Waals surface area contributed by atoms with Gasteiger partial charge in [0.1, 0.15) is 0 Å². The number of hydrogen-bond acceptors (Lipinski definition) is 2. The number of hydrogen-bond donors (Lipinski definition) is 2. The van der Waals surface area contributed by atoms with Gasteiger partial charge in [0.05, 0.1) is 21.5 Å². The van der Waals surface area contributed by atoms with E-state index in [1.807, 2.05) is 20.8 Å². The summed E-state index contributed by atoms with van der Waals surface area (Å²) in [5, 5.41) is 13.3. The number of halogens is 2. The number of nitrogens with one attached hydrogen (secondary N) is 1. The smallest absolute Gasteiger partial charge is 0.309 e. The molecule has 126 valence electrons. The van der Waals surface area contributed by atoms with Crippen molar-refractivity contribution in [1.82, 2.24) is 0 Å². The average molecular weight is 358 g/mol. The van der Waals surface area contributed by atoms with Crippen molar-refractivity contribution in [3.63, 3.8) is 0 Å². The summed E-state index contributed by atoms with van der Waals surface area (Å²) in [5.41, 5.74) is -2.07. The topological polar surface area (TPSA) is 66.4 Å². The first kappa shape index (κ1) is 18.1. The van der Waals surface area contributed by atoms with Gasteiger partial charge in [0.15, 0.2) is 0 Å². The summed E-state index contributed by atoms with van der Waals surface area (Å²) in [5.74, 6) is -1.11. The molecule has 1 aliphatic carbocycles. The number of benzene rings is 1. The Kier molecular flexibility index (Phi) is 4.46. The Hall–Kier alpha value is -1.26. The van der Waals surface area contributed by atoms with Crippen molar-refractivity contribution >= 4 is 40.8 Å². The lowest BCUT2D eigenvalue weighted by molar-refractivity contribution is -0.157. The largest absolute Gasteiger partial charge is 0.481 e. The van der Waals surface area contributed by atoms with E-state index in [1.54, 1.807) is 25.1 Å².